The number of aromatic nitrogens is 1. The monoisotopic (exact) mass is 715 g/mol. The first-order chi connectivity index (χ1) is 21.9. The van der Waals surface area contributed by atoms with Crippen LogP contribution in [0.4, 0.5) is 5.69 Å². The van der Waals surface area contributed by atoms with Gasteiger partial charge < -0.3 is 0 Å². The molecule has 0 spiro atoms. The van der Waals surface area contributed by atoms with Gasteiger partial charge in [0.25, 0.3) is 15.9 Å². The molecule has 1 amide bonds. The molecule has 0 saturated heterocycles. The summed E-state index contributed by atoms with van der Waals surface area (Å²) in [6, 6.07) is 18.7. The van der Waals surface area contributed by atoms with Crippen LogP contribution >= 0.6 is 23.4 Å². The first kappa shape index (κ1) is 36.1. The van der Waals surface area contributed by atoms with Crippen molar-refractivity contribution in [3.8, 4) is 0 Å². The molecule has 0 fully saturated rings. The van der Waals surface area contributed by atoms with Crippen LogP contribution in [-0.4, -0.2) is 65.2 Å². The fraction of sp³-hybridized carbons (Fsp3) is 0.242. The predicted octanol–water partition coefficient (Wildman–Crippen LogP) is 6.05. The van der Waals surface area contributed by atoms with E-state index >= 15 is 0 Å². The van der Waals surface area contributed by atoms with Gasteiger partial charge >= 0.3 is 0 Å². The number of halogens is 1. The second-order valence-electron chi connectivity index (χ2n) is 11.4. The van der Waals surface area contributed by atoms with Crippen molar-refractivity contribution in [2.24, 2.45) is 0 Å². The summed E-state index contributed by atoms with van der Waals surface area (Å²) in [5.74, 6) is -0.960. The van der Waals surface area contributed by atoms with Crippen molar-refractivity contribution >= 4 is 60.6 Å². The van der Waals surface area contributed by atoms with Gasteiger partial charge in [0.05, 0.1) is 27.6 Å². The molecule has 10 nitrogen and oxygen atoms in total. The maximum Gasteiger partial charge on any atom is 0.277 e. The van der Waals surface area contributed by atoms with Gasteiger partial charge in [0, 0.05) is 35.5 Å². The Labute approximate surface area is 284 Å². The summed E-state index contributed by atoms with van der Waals surface area (Å²) in [6.07, 6.45) is 4.71. The molecule has 1 aromatic heterocycles. The predicted molar refractivity (Wildman–Crippen MR) is 184 cm³/mol. The number of sulfone groups is 1. The Bertz CT molecular complexity index is 2050. The number of ketones is 1. The van der Waals surface area contributed by atoms with Crippen molar-refractivity contribution < 1.29 is 31.3 Å². The maximum absolute atomic E-state index is 13.5. The number of hydrogen-bond acceptors (Lipinski definition) is 9. The Hall–Kier alpha value is -3.75. The SMILES string of the molecule is CON(C)C(=O)c1cc(CC(C)(C)c2ccc(S(=O)(=O)Nc3cc(Cl)cnc3C(=O)c3cccc(S(C)(=O)=O)c3)cc2)cc(SC)c1. The van der Waals surface area contributed by atoms with E-state index in [2.05, 4.69) is 9.71 Å². The number of amides is 1. The minimum atomic E-state index is -4.21. The summed E-state index contributed by atoms with van der Waals surface area (Å²) >= 11 is 7.64. The van der Waals surface area contributed by atoms with Crippen LogP contribution in [0.1, 0.15) is 51.4 Å². The van der Waals surface area contributed by atoms with Crippen molar-refractivity contribution in [1.29, 1.82) is 0 Å². The fourth-order valence-electron chi connectivity index (χ4n) is 4.87. The van der Waals surface area contributed by atoms with Crippen molar-refractivity contribution in [2.75, 3.05) is 31.4 Å². The Morgan fingerprint density at radius 3 is 2.26 bits per heavy atom. The number of rotatable bonds is 12. The summed E-state index contributed by atoms with van der Waals surface area (Å²) in [4.78, 5) is 36.1. The summed E-state index contributed by atoms with van der Waals surface area (Å²) in [6.45, 7) is 4.05. The van der Waals surface area contributed by atoms with E-state index in [0.717, 1.165) is 27.3 Å². The zero-order chi connectivity index (χ0) is 34.7. The molecule has 0 saturated carbocycles. The molecule has 0 aliphatic heterocycles. The Kier molecular flexibility index (Phi) is 10.9. The third-order valence-corrected chi connectivity index (χ3v) is 10.8. The van der Waals surface area contributed by atoms with Gasteiger partial charge in [0.2, 0.25) is 5.78 Å². The molecule has 0 aliphatic carbocycles. The van der Waals surface area contributed by atoms with E-state index in [1.54, 1.807) is 19.2 Å². The molecule has 1 heterocycles. The molecule has 248 valence electrons. The summed E-state index contributed by atoms with van der Waals surface area (Å²) < 4.78 is 53.4. The molecular formula is C33H34ClN3O7S3. The van der Waals surface area contributed by atoms with E-state index in [1.165, 1.54) is 67.5 Å². The molecule has 4 rings (SSSR count). The number of benzene rings is 3. The molecule has 3 aromatic carbocycles. The first-order valence-corrected chi connectivity index (χ1v) is 19.1. The highest BCUT2D eigenvalue weighted by molar-refractivity contribution is 7.98. The molecule has 47 heavy (non-hydrogen) atoms. The highest BCUT2D eigenvalue weighted by Gasteiger charge is 2.26. The second kappa shape index (κ2) is 14.2. The molecule has 4 aromatic rings. The van der Waals surface area contributed by atoms with E-state index in [4.69, 9.17) is 16.4 Å². The lowest BCUT2D eigenvalue weighted by Crippen LogP contribution is -2.26. The number of hydrogen-bond donors (Lipinski definition) is 1. The number of carbonyl (C=O) groups is 2. The molecule has 0 bridgehead atoms. The van der Waals surface area contributed by atoms with E-state index in [0.29, 0.717) is 12.0 Å². The normalized spacial score (nSPS) is 12.1. The quantitative estimate of drug-likeness (QED) is 0.106. The number of pyridine rings is 1. The lowest BCUT2D eigenvalue weighted by atomic mass is 9.79. The van der Waals surface area contributed by atoms with Gasteiger partial charge in [0.15, 0.2) is 9.84 Å². The van der Waals surface area contributed by atoms with Crippen molar-refractivity contribution in [2.45, 2.75) is 40.4 Å². The van der Waals surface area contributed by atoms with Crippen LogP contribution in [0.5, 0.6) is 0 Å². The number of thioether (sulfide) groups is 1. The molecule has 0 aliphatic rings. The van der Waals surface area contributed by atoms with Crippen LogP contribution in [0, 0.1) is 0 Å². The highest BCUT2D eigenvalue weighted by atomic mass is 35.5. The van der Waals surface area contributed by atoms with E-state index in [9.17, 15) is 26.4 Å². The Morgan fingerprint density at radius 2 is 1.64 bits per heavy atom. The Balaban J connectivity index is 1.60. The van der Waals surface area contributed by atoms with Crippen molar-refractivity contribution in [1.82, 2.24) is 10.0 Å². The zero-order valence-electron chi connectivity index (χ0n) is 26.6. The number of sulfonamides is 1. The molecule has 14 heteroatoms. The molecular weight excluding hydrogens is 682 g/mol. The summed E-state index contributed by atoms with van der Waals surface area (Å²) in [5.41, 5.74) is 1.45. The second-order valence-corrected chi connectivity index (χ2v) is 16.4. The smallest absolute Gasteiger partial charge is 0.277 e. The van der Waals surface area contributed by atoms with Crippen LogP contribution in [0.25, 0.3) is 0 Å². The van der Waals surface area contributed by atoms with Crippen LogP contribution in [0.2, 0.25) is 5.02 Å². The number of carbonyl (C=O) groups excluding carboxylic acids is 2. The minimum Gasteiger partial charge on any atom is -0.287 e. The number of nitrogens with zero attached hydrogens (tertiary/aromatic N) is 2. The number of nitrogens with one attached hydrogen (secondary N) is 1. The minimum absolute atomic E-state index is 0.0139. The van der Waals surface area contributed by atoms with Gasteiger partial charge in [0.1, 0.15) is 5.69 Å². The van der Waals surface area contributed by atoms with Gasteiger partial charge in [-0.1, -0.05) is 49.7 Å². The van der Waals surface area contributed by atoms with Crippen molar-refractivity contribution in [3.05, 3.63) is 112 Å². The number of anilines is 1. The van der Waals surface area contributed by atoms with E-state index in [-0.39, 0.29) is 37.7 Å². The van der Waals surface area contributed by atoms with Crippen LogP contribution in [-0.2, 0) is 36.5 Å². The largest absolute Gasteiger partial charge is 0.287 e. The van der Waals surface area contributed by atoms with Crippen LogP contribution in [0.3, 0.4) is 0 Å². The topological polar surface area (TPSA) is 140 Å². The lowest BCUT2D eigenvalue weighted by Gasteiger charge is -2.26. The van der Waals surface area contributed by atoms with E-state index in [1.807, 2.05) is 38.3 Å². The highest BCUT2D eigenvalue weighted by Crippen LogP contribution is 2.32. The van der Waals surface area contributed by atoms with Gasteiger partial charge in [-0.05, 0) is 77.7 Å². The molecule has 1 N–H and O–H groups in total. The van der Waals surface area contributed by atoms with E-state index < -0.39 is 31.1 Å². The van der Waals surface area contributed by atoms with Crippen LogP contribution < -0.4 is 4.72 Å². The lowest BCUT2D eigenvalue weighted by molar-refractivity contribution is -0.0757. The third-order valence-electron chi connectivity index (χ3n) is 7.44. The maximum atomic E-state index is 13.5. The summed E-state index contributed by atoms with van der Waals surface area (Å²) in [5, 5.41) is 1.25. The average Bonchev–Trinajstić information content (AvgIpc) is 3.03. The fourth-order valence-corrected chi connectivity index (χ4v) is 7.27. The molecule has 0 atom stereocenters. The summed E-state index contributed by atoms with van der Waals surface area (Å²) in [7, 11) is -4.83. The first-order valence-electron chi connectivity index (χ1n) is 14.1. The van der Waals surface area contributed by atoms with Gasteiger partial charge in [-0.2, -0.15) is 0 Å². The number of hydroxylamine groups is 2. The van der Waals surface area contributed by atoms with Gasteiger partial charge in [-0.3, -0.25) is 19.1 Å². The van der Waals surface area contributed by atoms with Gasteiger partial charge in [-0.15, -0.1) is 11.8 Å². The van der Waals surface area contributed by atoms with Crippen LogP contribution in [0.15, 0.2) is 93.7 Å². The third kappa shape index (κ3) is 8.59. The van der Waals surface area contributed by atoms with Gasteiger partial charge in [-0.25, -0.2) is 26.9 Å². The average molecular weight is 716 g/mol. The zero-order valence-corrected chi connectivity index (χ0v) is 29.8. The molecule has 0 radical (unpaired) electrons. The Morgan fingerprint density at radius 1 is 0.957 bits per heavy atom. The van der Waals surface area contributed by atoms with Crippen molar-refractivity contribution in [3.63, 3.8) is 0 Å². The standard InChI is InChI=1S/C33H34ClN3O7S3/c1-33(2,19-21-14-23(16-26(15-21)45-5)32(39)37(3)44-4)24-10-12-27(13-11-24)47(42,43)36-29-18-25(34)20-35-30(29)31(38)22-8-7-9-28(17-22)46(6,40)41/h7-18,20,36H,19H2,1-6H3. The molecule has 0 unspecified atom stereocenters.